The molecule has 3 N–H and O–H groups in total. The molecule has 0 saturated carbocycles. The number of ether oxygens (including phenoxy) is 1. The van der Waals surface area contributed by atoms with Gasteiger partial charge in [-0.05, 0) is 48.7 Å². The summed E-state index contributed by atoms with van der Waals surface area (Å²) < 4.78 is 5.95. The van der Waals surface area contributed by atoms with Crippen molar-refractivity contribution in [2.45, 2.75) is 38.4 Å². The number of aromatic hydroxyl groups is 1. The van der Waals surface area contributed by atoms with Crippen molar-refractivity contribution in [1.29, 1.82) is 0 Å². The number of hydrogen-bond acceptors (Lipinski definition) is 5. The van der Waals surface area contributed by atoms with E-state index in [4.69, 9.17) is 4.74 Å². The summed E-state index contributed by atoms with van der Waals surface area (Å²) in [5.74, 6) is -0.0804. The Morgan fingerprint density at radius 1 is 1.11 bits per heavy atom. The smallest absolute Gasteiger partial charge is 0.259 e. The molecule has 0 saturated heterocycles. The first-order chi connectivity index (χ1) is 13.2. The number of amides is 2. The maximum absolute atomic E-state index is 12.4. The normalized spacial score (nSPS) is 20.6. The number of benzene rings is 2. The topological polar surface area (TPSA) is 95.9 Å². The Bertz CT molecular complexity index is 1000. The molecule has 144 valence electrons. The Hall–Kier alpha value is -3.12. The van der Waals surface area contributed by atoms with Gasteiger partial charge in [-0.15, -0.1) is 0 Å². The molecule has 2 aliphatic heterocycles. The summed E-state index contributed by atoms with van der Waals surface area (Å²) in [7, 11) is 0. The molecule has 0 fully saturated rings. The highest BCUT2D eigenvalue weighted by Crippen LogP contribution is 2.35. The van der Waals surface area contributed by atoms with Gasteiger partial charge in [0.05, 0.1) is 11.7 Å². The van der Waals surface area contributed by atoms with Crippen LogP contribution < -0.4 is 10.1 Å². The molecule has 2 heterocycles. The maximum atomic E-state index is 12.4. The highest BCUT2D eigenvalue weighted by atomic mass is 16.5. The van der Waals surface area contributed by atoms with Crippen LogP contribution in [0.5, 0.6) is 11.5 Å². The summed E-state index contributed by atoms with van der Waals surface area (Å²) in [6, 6.07) is 11.8. The molecule has 0 aliphatic carbocycles. The number of fused-ring (bicyclic) bond motifs is 1. The van der Waals surface area contributed by atoms with Crippen LogP contribution in [0.3, 0.4) is 0 Å². The maximum Gasteiger partial charge on any atom is 0.259 e. The second kappa shape index (κ2) is 6.49. The second-order valence-electron chi connectivity index (χ2n) is 7.73. The van der Waals surface area contributed by atoms with E-state index in [1.807, 2.05) is 32.0 Å². The first kappa shape index (κ1) is 18.3. The average molecular weight is 379 g/mol. The van der Waals surface area contributed by atoms with Crippen LogP contribution in [-0.2, 0) is 22.4 Å². The molecule has 4 rings (SSSR count). The lowest BCUT2D eigenvalue weighted by Crippen LogP contribution is -2.46. The number of nitrogens with one attached hydrogen (secondary N) is 1. The minimum Gasteiger partial charge on any atom is -0.508 e. The number of phenols is 1. The summed E-state index contributed by atoms with van der Waals surface area (Å²) in [6.07, 6.45) is 0.184. The predicted molar refractivity (Wildman–Crippen MR) is 103 cm³/mol. The van der Waals surface area contributed by atoms with Crippen molar-refractivity contribution in [3.05, 3.63) is 64.7 Å². The van der Waals surface area contributed by atoms with Gasteiger partial charge in [0, 0.05) is 18.4 Å². The van der Waals surface area contributed by atoms with E-state index in [1.165, 1.54) is 12.1 Å². The summed E-state index contributed by atoms with van der Waals surface area (Å²) in [5, 5.41) is 22.0. The molecule has 0 radical (unpaired) electrons. The van der Waals surface area contributed by atoms with Crippen molar-refractivity contribution in [2.24, 2.45) is 0 Å². The van der Waals surface area contributed by atoms with Crippen molar-refractivity contribution in [3.8, 4) is 11.5 Å². The third-order valence-electron chi connectivity index (χ3n) is 5.29. The molecule has 0 aromatic heterocycles. The zero-order chi connectivity index (χ0) is 20.1. The zero-order valence-electron chi connectivity index (χ0n) is 15.7. The Kier molecular flexibility index (Phi) is 4.23. The van der Waals surface area contributed by atoms with Crippen LogP contribution in [0.15, 0.2) is 48.0 Å². The van der Waals surface area contributed by atoms with E-state index in [0.717, 1.165) is 11.1 Å². The standard InChI is InChI=1S/C22H21NO5/c1-22(2)18(25)11-14-4-3-12(10-17(14)28-22)9-16-19(21(27)23-20(16)26)13-5-7-15(24)8-6-13/h3-8,10,18,24-25H,9,11H2,1-2H3,(H,23,26,27)/t18-/m0/s1. The van der Waals surface area contributed by atoms with Crippen LogP contribution in [0.2, 0.25) is 0 Å². The Labute approximate surface area is 162 Å². The predicted octanol–water partition coefficient (Wildman–Crippen LogP) is 2.12. The zero-order valence-corrected chi connectivity index (χ0v) is 15.7. The first-order valence-electron chi connectivity index (χ1n) is 9.12. The first-order valence-corrected chi connectivity index (χ1v) is 9.12. The van der Waals surface area contributed by atoms with Gasteiger partial charge in [0.2, 0.25) is 0 Å². The molecule has 6 heteroatoms. The number of carbonyl (C=O) groups excluding carboxylic acids is 2. The highest BCUT2D eigenvalue weighted by Gasteiger charge is 2.36. The van der Waals surface area contributed by atoms with E-state index in [9.17, 15) is 19.8 Å². The van der Waals surface area contributed by atoms with Crippen LogP contribution in [0.25, 0.3) is 5.57 Å². The van der Waals surface area contributed by atoms with E-state index < -0.39 is 23.5 Å². The Balaban J connectivity index is 1.70. The third-order valence-corrected chi connectivity index (χ3v) is 5.29. The van der Waals surface area contributed by atoms with Crippen molar-refractivity contribution >= 4 is 17.4 Å². The molecule has 0 bridgehead atoms. The van der Waals surface area contributed by atoms with Gasteiger partial charge < -0.3 is 14.9 Å². The molecule has 0 spiro atoms. The minimum atomic E-state index is -0.692. The summed E-state index contributed by atoms with van der Waals surface area (Å²) in [6.45, 7) is 3.67. The third kappa shape index (κ3) is 3.16. The van der Waals surface area contributed by atoms with Gasteiger partial charge in [-0.2, -0.15) is 0 Å². The van der Waals surface area contributed by atoms with Gasteiger partial charge in [-0.1, -0.05) is 24.3 Å². The van der Waals surface area contributed by atoms with Gasteiger partial charge in [0.25, 0.3) is 11.8 Å². The average Bonchev–Trinajstić information content (AvgIpc) is 2.90. The number of phenolic OH excluding ortho intramolecular Hbond substituents is 1. The molecule has 2 aliphatic rings. The van der Waals surface area contributed by atoms with Gasteiger partial charge in [0.1, 0.15) is 17.1 Å². The van der Waals surface area contributed by atoms with Crippen LogP contribution in [-0.4, -0.2) is 33.7 Å². The number of rotatable bonds is 3. The fourth-order valence-electron chi connectivity index (χ4n) is 3.58. The second-order valence-corrected chi connectivity index (χ2v) is 7.73. The van der Waals surface area contributed by atoms with Gasteiger partial charge in [-0.3, -0.25) is 14.9 Å². The van der Waals surface area contributed by atoms with Crippen LogP contribution in [0.1, 0.15) is 30.5 Å². The number of aliphatic hydroxyl groups is 1. The molecular formula is C22H21NO5. The summed E-state index contributed by atoms with van der Waals surface area (Å²) in [5.41, 5.74) is 2.33. The fourth-order valence-corrected chi connectivity index (χ4v) is 3.58. The number of hydrogen-bond donors (Lipinski definition) is 3. The fraction of sp³-hybridized carbons (Fsp3) is 0.273. The molecule has 6 nitrogen and oxygen atoms in total. The SMILES string of the molecule is CC1(C)Oc2cc(CC3=C(c4ccc(O)cc4)C(=O)NC3=O)ccc2C[C@@H]1O. The Morgan fingerprint density at radius 2 is 1.82 bits per heavy atom. The molecule has 1 atom stereocenters. The van der Waals surface area contributed by atoms with Gasteiger partial charge in [-0.25, -0.2) is 0 Å². The van der Waals surface area contributed by atoms with E-state index in [1.54, 1.807) is 12.1 Å². The van der Waals surface area contributed by atoms with Crippen molar-refractivity contribution in [2.75, 3.05) is 0 Å². The van der Waals surface area contributed by atoms with Gasteiger partial charge in [0.15, 0.2) is 0 Å². The van der Waals surface area contributed by atoms with Crippen LogP contribution in [0.4, 0.5) is 0 Å². The Morgan fingerprint density at radius 3 is 2.54 bits per heavy atom. The summed E-state index contributed by atoms with van der Waals surface area (Å²) in [4.78, 5) is 24.7. The van der Waals surface area contributed by atoms with Crippen molar-refractivity contribution in [1.82, 2.24) is 5.32 Å². The monoisotopic (exact) mass is 379 g/mol. The van der Waals surface area contributed by atoms with Crippen LogP contribution in [0, 0.1) is 0 Å². The largest absolute Gasteiger partial charge is 0.508 e. The number of carbonyl (C=O) groups is 2. The lowest BCUT2D eigenvalue weighted by molar-refractivity contribution is -0.123. The van der Waals surface area contributed by atoms with Crippen molar-refractivity contribution in [3.63, 3.8) is 0 Å². The quantitative estimate of drug-likeness (QED) is 0.710. The molecule has 0 unspecified atom stereocenters. The number of imide groups is 1. The van der Waals surface area contributed by atoms with Crippen LogP contribution >= 0.6 is 0 Å². The van der Waals surface area contributed by atoms with E-state index in [0.29, 0.717) is 28.9 Å². The number of aliphatic hydroxyl groups excluding tert-OH is 1. The van der Waals surface area contributed by atoms with E-state index in [2.05, 4.69) is 5.32 Å². The lowest BCUT2D eigenvalue weighted by Gasteiger charge is -2.37. The molecule has 2 aromatic carbocycles. The van der Waals surface area contributed by atoms with E-state index in [-0.39, 0.29) is 12.2 Å². The lowest BCUT2D eigenvalue weighted by atomic mass is 9.89. The summed E-state index contributed by atoms with van der Waals surface area (Å²) >= 11 is 0. The van der Waals surface area contributed by atoms with Gasteiger partial charge >= 0.3 is 0 Å². The van der Waals surface area contributed by atoms with E-state index >= 15 is 0 Å². The molecule has 28 heavy (non-hydrogen) atoms. The minimum absolute atomic E-state index is 0.0901. The van der Waals surface area contributed by atoms with Crippen molar-refractivity contribution < 1.29 is 24.5 Å². The highest BCUT2D eigenvalue weighted by molar-refractivity contribution is 6.36. The molecule has 2 aromatic rings. The molecule has 2 amide bonds. The molecular weight excluding hydrogens is 358 g/mol.